The van der Waals surface area contributed by atoms with E-state index in [1.165, 1.54) is 12.1 Å². The summed E-state index contributed by atoms with van der Waals surface area (Å²) in [6, 6.07) is 3.48. The molecule has 1 aromatic carbocycles. The van der Waals surface area contributed by atoms with E-state index in [1.54, 1.807) is 11.0 Å². The van der Waals surface area contributed by atoms with Gasteiger partial charge in [-0.15, -0.1) is 0 Å². The zero-order valence-electron chi connectivity index (χ0n) is 24.0. The molecule has 1 N–H and O–H groups in total. The zero-order valence-corrected chi connectivity index (χ0v) is 24.0. The molecule has 12 heteroatoms. The van der Waals surface area contributed by atoms with Crippen molar-refractivity contribution in [1.82, 2.24) is 20.0 Å². The molecule has 1 atom stereocenters. The summed E-state index contributed by atoms with van der Waals surface area (Å²) >= 11 is 0. The first-order chi connectivity index (χ1) is 19.3. The third-order valence-electron chi connectivity index (χ3n) is 8.32. The molecule has 4 aliphatic heterocycles. The molecule has 1 aromatic rings. The van der Waals surface area contributed by atoms with Crippen LogP contribution in [0.3, 0.4) is 0 Å². The summed E-state index contributed by atoms with van der Waals surface area (Å²) in [6.45, 7) is 11.8. The Kier molecular flexibility index (Phi) is 8.08. The number of amides is 4. The number of imide groups is 1. The maximum Gasteiger partial charge on any atom is 0.410 e. The van der Waals surface area contributed by atoms with Crippen LogP contribution >= 0.6 is 0 Å². The Morgan fingerprint density at radius 3 is 2.29 bits per heavy atom. The molecule has 3 saturated heterocycles. The fraction of sp³-hybridized carbons (Fsp3) is 0.655. The summed E-state index contributed by atoms with van der Waals surface area (Å²) in [6.07, 6.45) is 1.65. The van der Waals surface area contributed by atoms with Gasteiger partial charge in [0.05, 0.1) is 11.3 Å². The number of anilines is 1. The van der Waals surface area contributed by atoms with Crippen molar-refractivity contribution in [2.75, 3.05) is 50.7 Å². The number of nitrogens with one attached hydrogen (secondary N) is 1. The minimum Gasteiger partial charge on any atom is -0.444 e. The van der Waals surface area contributed by atoms with E-state index >= 15 is 8.78 Å². The number of benzene rings is 1. The van der Waals surface area contributed by atoms with Crippen molar-refractivity contribution in [3.8, 4) is 0 Å². The second kappa shape index (κ2) is 11.3. The summed E-state index contributed by atoms with van der Waals surface area (Å²) in [4.78, 5) is 56.1. The van der Waals surface area contributed by atoms with E-state index in [1.807, 2.05) is 20.8 Å². The van der Waals surface area contributed by atoms with Crippen molar-refractivity contribution in [2.45, 2.75) is 70.6 Å². The number of nitrogens with zero attached hydrogens (tertiary/aromatic N) is 4. The molecule has 3 fully saturated rings. The molecule has 4 heterocycles. The summed E-state index contributed by atoms with van der Waals surface area (Å²) in [5.41, 5.74) is -0.173. The van der Waals surface area contributed by atoms with Crippen molar-refractivity contribution >= 4 is 29.5 Å². The van der Waals surface area contributed by atoms with Gasteiger partial charge in [-0.3, -0.25) is 29.5 Å². The number of hydrogen-bond acceptors (Lipinski definition) is 7. The van der Waals surface area contributed by atoms with Crippen LogP contribution in [0.4, 0.5) is 19.3 Å². The largest absolute Gasteiger partial charge is 0.444 e. The van der Waals surface area contributed by atoms with Gasteiger partial charge in [0.15, 0.2) is 0 Å². The number of carbonyl (C=O) groups is 4. The van der Waals surface area contributed by atoms with Gasteiger partial charge in [-0.1, -0.05) is 6.07 Å². The molecule has 0 aromatic heterocycles. The van der Waals surface area contributed by atoms with Gasteiger partial charge < -0.3 is 14.5 Å². The van der Waals surface area contributed by atoms with E-state index in [0.717, 1.165) is 50.5 Å². The number of piperazine rings is 1. The molecule has 4 aliphatic rings. The first kappa shape index (κ1) is 29.4. The van der Waals surface area contributed by atoms with Crippen LogP contribution in [0.25, 0.3) is 0 Å². The van der Waals surface area contributed by atoms with E-state index in [2.05, 4.69) is 15.1 Å². The van der Waals surface area contributed by atoms with Gasteiger partial charge in [0, 0.05) is 58.8 Å². The Morgan fingerprint density at radius 1 is 1.00 bits per heavy atom. The standard InChI is InChI=1S/C29H39F2N5O5/c1-28(2,3)41-27(40)35-10-8-19(9-11-35)17-33-12-14-34(15-13-33)18-20-4-5-22-21(16-20)29(30,31)26(39)36(22)23-6-7-24(37)32-25(23)38/h4-5,16,19,23H,6-15,17-18H2,1-3H3,(H,32,37,38). The van der Waals surface area contributed by atoms with Gasteiger partial charge in [-0.25, -0.2) is 4.79 Å². The highest BCUT2D eigenvalue weighted by molar-refractivity contribution is 6.12. The molecule has 0 aliphatic carbocycles. The van der Waals surface area contributed by atoms with Gasteiger partial charge in [0.1, 0.15) is 11.6 Å². The van der Waals surface area contributed by atoms with Crippen LogP contribution in [-0.4, -0.2) is 96.0 Å². The molecular weight excluding hydrogens is 536 g/mol. The molecule has 0 radical (unpaired) electrons. The highest BCUT2D eigenvalue weighted by Gasteiger charge is 2.56. The number of hydrogen-bond donors (Lipinski definition) is 1. The average Bonchev–Trinajstić information content (AvgIpc) is 3.09. The van der Waals surface area contributed by atoms with Crippen LogP contribution in [0.2, 0.25) is 0 Å². The molecule has 10 nitrogen and oxygen atoms in total. The van der Waals surface area contributed by atoms with E-state index < -0.39 is 35.3 Å². The lowest BCUT2D eigenvalue weighted by atomic mass is 9.96. The van der Waals surface area contributed by atoms with Crippen molar-refractivity contribution in [2.24, 2.45) is 5.92 Å². The third-order valence-corrected chi connectivity index (χ3v) is 8.32. The fourth-order valence-corrected chi connectivity index (χ4v) is 6.13. The highest BCUT2D eigenvalue weighted by Crippen LogP contribution is 2.46. The van der Waals surface area contributed by atoms with Crippen molar-refractivity contribution < 1.29 is 32.7 Å². The van der Waals surface area contributed by atoms with Gasteiger partial charge in [0.25, 0.3) is 0 Å². The van der Waals surface area contributed by atoms with Crippen LogP contribution < -0.4 is 10.2 Å². The normalized spacial score (nSPS) is 24.4. The minimum atomic E-state index is -3.73. The Bertz CT molecular complexity index is 1200. The molecule has 0 spiro atoms. The van der Waals surface area contributed by atoms with Crippen molar-refractivity contribution in [1.29, 1.82) is 0 Å². The Labute approximate surface area is 238 Å². The SMILES string of the molecule is CC(C)(C)OC(=O)N1CCC(CN2CCN(Cc3ccc4c(c3)C(F)(F)C(=O)N4C3CCC(=O)NC3=O)CC2)CC1. The number of fused-ring (bicyclic) bond motifs is 1. The number of carbonyl (C=O) groups excluding carboxylic acids is 4. The van der Waals surface area contributed by atoms with E-state index in [0.29, 0.717) is 31.1 Å². The number of likely N-dealkylation sites (tertiary alicyclic amines) is 1. The van der Waals surface area contributed by atoms with Crippen LogP contribution in [0.5, 0.6) is 0 Å². The number of piperidine rings is 2. The Morgan fingerprint density at radius 2 is 1.66 bits per heavy atom. The number of rotatable bonds is 5. The first-order valence-electron chi connectivity index (χ1n) is 14.4. The average molecular weight is 576 g/mol. The van der Waals surface area contributed by atoms with Crippen molar-refractivity contribution in [3.05, 3.63) is 29.3 Å². The lowest BCUT2D eigenvalue weighted by Crippen LogP contribution is -2.54. The van der Waals surface area contributed by atoms with Crippen LogP contribution in [0.1, 0.15) is 57.6 Å². The highest BCUT2D eigenvalue weighted by atomic mass is 19.3. The number of ether oxygens (including phenoxy) is 1. The molecule has 224 valence electrons. The molecule has 0 bridgehead atoms. The van der Waals surface area contributed by atoms with Gasteiger partial charge in [-0.2, -0.15) is 8.78 Å². The summed E-state index contributed by atoms with van der Waals surface area (Å²) in [5, 5.41) is 2.15. The Balaban J connectivity index is 1.13. The summed E-state index contributed by atoms with van der Waals surface area (Å²) in [5.74, 6) is -5.84. The predicted molar refractivity (Wildman–Crippen MR) is 146 cm³/mol. The quantitative estimate of drug-likeness (QED) is 0.539. The number of alkyl halides is 2. The fourth-order valence-electron chi connectivity index (χ4n) is 6.13. The smallest absolute Gasteiger partial charge is 0.410 e. The lowest BCUT2D eigenvalue weighted by molar-refractivity contribution is -0.144. The molecule has 1 unspecified atom stereocenters. The molecule has 4 amide bonds. The Hall–Kier alpha value is -3.12. The first-order valence-corrected chi connectivity index (χ1v) is 14.4. The van der Waals surface area contributed by atoms with Gasteiger partial charge >= 0.3 is 17.9 Å². The number of halogens is 2. The molecular formula is C29H39F2N5O5. The third kappa shape index (κ3) is 6.38. The van der Waals surface area contributed by atoms with Gasteiger partial charge in [0.2, 0.25) is 11.8 Å². The lowest BCUT2D eigenvalue weighted by Gasteiger charge is -2.39. The van der Waals surface area contributed by atoms with Crippen LogP contribution in [0, 0.1) is 5.92 Å². The monoisotopic (exact) mass is 575 g/mol. The van der Waals surface area contributed by atoms with Crippen LogP contribution in [0.15, 0.2) is 18.2 Å². The molecule has 41 heavy (non-hydrogen) atoms. The molecule has 0 saturated carbocycles. The van der Waals surface area contributed by atoms with Gasteiger partial charge in [-0.05, 0) is 63.6 Å². The molecule has 5 rings (SSSR count). The van der Waals surface area contributed by atoms with E-state index in [-0.39, 0.29) is 30.2 Å². The maximum absolute atomic E-state index is 15.1. The minimum absolute atomic E-state index is 0.00355. The van der Waals surface area contributed by atoms with E-state index in [9.17, 15) is 19.2 Å². The topological polar surface area (TPSA) is 102 Å². The maximum atomic E-state index is 15.1. The summed E-state index contributed by atoms with van der Waals surface area (Å²) < 4.78 is 35.6. The zero-order chi connectivity index (χ0) is 29.5. The predicted octanol–water partition coefficient (Wildman–Crippen LogP) is 2.69. The van der Waals surface area contributed by atoms with E-state index in [4.69, 9.17) is 4.74 Å². The second-order valence-electron chi connectivity index (χ2n) is 12.6. The second-order valence-corrected chi connectivity index (χ2v) is 12.6. The summed E-state index contributed by atoms with van der Waals surface area (Å²) in [7, 11) is 0. The van der Waals surface area contributed by atoms with Crippen molar-refractivity contribution in [3.63, 3.8) is 0 Å². The van der Waals surface area contributed by atoms with Crippen LogP contribution in [-0.2, 0) is 31.6 Å².